The van der Waals surface area contributed by atoms with Crippen molar-refractivity contribution in [2.24, 2.45) is 10.8 Å². The lowest BCUT2D eigenvalue weighted by Gasteiger charge is -2.33. The average Bonchev–Trinajstić information content (AvgIpc) is 2.35. The number of allylic oxidation sites excluding steroid dienone is 4. The van der Waals surface area contributed by atoms with Crippen LogP contribution in [0.15, 0.2) is 42.0 Å². The van der Waals surface area contributed by atoms with Crippen molar-refractivity contribution in [3.63, 3.8) is 0 Å². The van der Waals surface area contributed by atoms with Gasteiger partial charge in [0.25, 0.3) is 0 Å². The molecule has 1 aliphatic rings. The van der Waals surface area contributed by atoms with Gasteiger partial charge in [0.2, 0.25) is 0 Å². The van der Waals surface area contributed by atoms with Gasteiger partial charge in [-0.05, 0) is 44.9 Å². The lowest BCUT2D eigenvalue weighted by molar-refractivity contribution is 0.450. The van der Waals surface area contributed by atoms with Gasteiger partial charge in [0.1, 0.15) is 0 Å². The fourth-order valence-electron chi connectivity index (χ4n) is 3.05. The van der Waals surface area contributed by atoms with E-state index < -0.39 is 0 Å². The van der Waals surface area contributed by atoms with Gasteiger partial charge in [-0.3, -0.25) is 0 Å². The molecule has 0 unspecified atom stereocenters. The summed E-state index contributed by atoms with van der Waals surface area (Å²) >= 11 is 0. The Balaban J connectivity index is 2.49. The zero-order valence-electron chi connectivity index (χ0n) is 15.7. The van der Waals surface area contributed by atoms with E-state index in [1.807, 2.05) is 0 Å². The molecule has 0 radical (unpaired) electrons. The van der Waals surface area contributed by atoms with E-state index in [1.165, 1.54) is 22.3 Å². The predicted octanol–water partition coefficient (Wildman–Crippen LogP) is 6.77. The molecule has 22 heavy (non-hydrogen) atoms. The molecule has 0 atom stereocenters. The summed E-state index contributed by atoms with van der Waals surface area (Å²) in [4.78, 5) is 0. The number of hydrogen-bond acceptors (Lipinski definition) is 0. The fraction of sp³-hybridized carbons (Fsp3) is 0.545. The molecule has 2 rings (SSSR count). The molecule has 1 aliphatic carbocycles. The lowest BCUT2D eigenvalue weighted by atomic mass is 9.71. The van der Waals surface area contributed by atoms with Crippen LogP contribution in [0.4, 0.5) is 0 Å². The SMILES string of the molecule is CC1(C)C=C(C(C)(C)C)C=C(c2cccc(C(C)(C)C)c2)C1. The molecule has 1 aromatic rings. The van der Waals surface area contributed by atoms with Gasteiger partial charge in [-0.1, -0.05) is 91.8 Å². The predicted molar refractivity (Wildman–Crippen MR) is 99.1 cm³/mol. The van der Waals surface area contributed by atoms with Gasteiger partial charge in [0.05, 0.1) is 0 Å². The Morgan fingerprint density at radius 3 is 2.09 bits per heavy atom. The maximum absolute atomic E-state index is 2.46. The maximum atomic E-state index is 2.46. The van der Waals surface area contributed by atoms with E-state index in [0.29, 0.717) is 0 Å². The van der Waals surface area contributed by atoms with E-state index in [4.69, 9.17) is 0 Å². The molecule has 1 aromatic carbocycles. The number of hydrogen-bond donors (Lipinski definition) is 0. The molecular weight excluding hydrogens is 264 g/mol. The minimum atomic E-state index is 0.198. The normalized spacial score (nSPS) is 18.7. The quantitative estimate of drug-likeness (QED) is 0.536. The summed E-state index contributed by atoms with van der Waals surface area (Å²) in [7, 11) is 0. The molecule has 0 saturated carbocycles. The van der Waals surface area contributed by atoms with Gasteiger partial charge >= 0.3 is 0 Å². The monoisotopic (exact) mass is 296 g/mol. The number of benzene rings is 1. The Hall–Kier alpha value is -1.30. The average molecular weight is 296 g/mol. The minimum Gasteiger partial charge on any atom is -0.0748 e. The van der Waals surface area contributed by atoms with Gasteiger partial charge < -0.3 is 0 Å². The van der Waals surface area contributed by atoms with E-state index in [1.54, 1.807) is 0 Å². The molecular formula is C22H32. The molecule has 120 valence electrons. The highest BCUT2D eigenvalue weighted by molar-refractivity contribution is 5.71. The van der Waals surface area contributed by atoms with Gasteiger partial charge in [-0.15, -0.1) is 0 Å². The van der Waals surface area contributed by atoms with Crippen LogP contribution in [-0.4, -0.2) is 0 Å². The summed E-state index contributed by atoms with van der Waals surface area (Å²) in [5.74, 6) is 0. The molecule has 0 aliphatic heterocycles. The molecule has 0 heteroatoms. The minimum absolute atomic E-state index is 0.198. The van der Waals surface area contributed by atoms with Crippen LogP contribution in [0.2, 0.25) is 0 Å². The van der Waals surface area contributed by atoms with Crippen LogP contribution in [0.1, 0.15) is 72.9 Å². The highest BCUT2D eigenvalue weighted by Gasteiger charge is 2.28. The number of rotatable bonds is 1. The third kappa shape index (κ3) is 3.91. The highest BCUT2D eigenvalue weighted by atomic mass is 14.3. The van der Waals surface area contributed by atoms with Crippen LogP contribution in [-0.2, 0) is 5.41 Å². The molecule has 0 saturated heterocycles. The maximum Gasteiger partial charge on any atom is -0.0128 e. The van der Waals surface area contributed by atoms with Crippen LogP contribution >= 0.6 is 0 Å². The highest BCUT2D eigenvalue weighted by Crippen LogP contribution is 2.43. The van der Waals surface area contributed by atoms with Crippen molar-refractivity contribution in [2.45, 2.75) is 67.2 Å². The standard InChI is InChI=1S/C22H32/c1-20(2,3)18-11-9-10-16(12-18)17-13-19(21(4,5)6)15-22(7,8)14-17/h9-13,15H,14H2,1-8H3. The van der Waals surface area contributed by atoms with E-state index in [0.717, 1.165) is 6.42 Å². The van der Waals surface area contributed by atoms with Crippen molar-refractivity contribution in [3.8, 4) is 0 Å². The van der Waals surface area contributed by atoms with E-state index in [2.05, 4.69) is 91.8 Å². The molecule has 0 amide bonds. The summed E-state index contributed by atoms with van der Waals surface area (Å²) in [5.41, 5.74) is 6.35. The first-order chi connectivity index (χ1) is 9.88. The van der Waals surface area contributed by atoms with Crippen molar-refractivity contribution in [1.82, 2.24) is 0 Å². The van der Waals surface area contributed by atoms with Gasteiger partial charge in [0.15, 0.2) is 0 Å². The van der Waals surface area contributed by atoms with Crippen LogP contribution in [0, 0.1) is 10.8 Å². The molecule has 0 spiro atoms. The summed E-state index contributed by atoms with van der Waals surface area (Å²) in [6.07, 6.45) is 6.00. The smallest absolute Gasteiger partial charge is 0.0128 e. The Kier molecular flexibility index (Phi) is 4.19. The largest absolute Gasteiger partial charge is 0.0748 e. The Bertz CT molecular complexity index is 610. The van der Waals surface area contributed by atoms with Crippen molar-refractivity contribution >= 4 is 5.57 Å². The second kappa shape index (κ2) is 5.41. The van der Waals surface area contributed by atoms with Gasteiger partial charge in [-0.2, -0.15) is 0 Å². The topological polar surface area (TPSA) is 0 Å². The van der Waals surface area contributed by atoms with Crippen molar-refractivity contribution in [1.29, 1.82) is 0 Å². The van der Waals surface area contributed by atoms with Crippen LogP contribution in [0.25, 0.3) is 5.57 Å². The Morgan fingerprint density at radius 1 is 0.909 bits per heavy atom. The second-order valence-electron chi connectivity index (χ2n) is 9.52. The first kappa shape index (κ1) is 17.1. The molecule has 0 fully saturated rings. The van der Waals surface area contributed by atoms with E-state index >= 15 is 0 Å². The summed E-state index contributed by atoms with van der Waals surface area (Å²) in [6.45, 7) is 18.5. The summed E-state index contributed by atoms with van der Waals surface area (Å²) in [6, 6.07) is 9.10. The van der Waals surface area contributed by atoms with Crippen molar-refractivity contribution in [3.05, 3.63) is 53.1 Å². The third-order valence-electron chi connectivity index (χ3n) is 4.49. The molecule has 0 aromatic heterocycles. The van der Waals surface area contributed by atoms with Crippen LogP contribution in [0.5, 0.6) is 0 Å². The Morgan fingerprint density at radius 2 is 1.55 bits per heavy atom. The van der Waals surface area contributed by atoms with Crippen molar-refractivity contribution < 1.29 is 0 Å². The van der Waals surface area contributed by atoms with E-state index in [9.17, 15) is 0 Å². The van der Waals surface area contributed by atoms with Crippen LogP contribution < -0.4 is 0 Å². The second-order valence-corrected chi connectivity index (χ2v) is 9.52. The molecule has 0 nitrogen and oxygen atoms in total. The first-order valence-electron chi connectivity index (χ1n) is 8.43. The zero-order valence-corrected chi connectivity index (χ0v) is 15.7. The molecule has 0 N–H and O–H groups in total. The lowest BCUT2D eigenvalue weighted by Crippen LogP contribution is -2.19. The van der Waals surface area contributed by atoms with Crippen LogP contribution in [0.3, 0.4) is 0 Å². The van der Waals surface area contributed by atoms with E-state index in [-0.39, 0.29) is 16.2 Å². The molecule has 0 heterocycles. The first-order valence-corrected chi connectivity index (χ1v) is 8.43. The third-order valence-corrected chi connectivity index (χ3v) is 4.49. The fourth-order valence-corrected chi connectivity index (χ4v) is 3.05. The van der Waals surface area contributed by atoms with Gasteiger partial charge in [0, 0.05) is 0 Å². The Labute approximate surface area is 137 Å². The van der Waals surface area contributed by atoms with Crippen molar-refractivity contribution in [2.75, 3.05) is 0 Å². The summed E-state index contributed by atoms with van der Waals surface area (Å²) < 4.78 is 0. The molecule has 0 bridgehead atoms. The summed E-state index contributed by atoms with van der Waals surface area (Å²) in [5, 5.41) is 0. The van der Waals surface area contributed by atoms with Gasteiger partial charge in [-0.25, -0.2) is 0 Å². The zero-order chi connectivity index (χ0) is 16.8.